The van der Waals surface area contributed by atoms with Crippen molar-refractivity contribution >= 4 is 5.69 Å². The van der Waals surface area contributed by atoms with Crippen molar-refractivity contribution in [1.29, 1.82) is 0 Å². The summed E-state index contributed by atoms with van der Waals surface area (Å²) in [6.07, 6.45) is 4.12. The van der Waals surface area contributed by atoms with E-state index in [1.165, 1.54) is 5.56 Å². The van der Waals surface area contributed by atoms with Crippen molar-refractivity contribution < 1.29 is 4.92 Å². The van der Waals surface area contributed by atoms with Crippen LogP contribution in [-0.2, 0) is 13.1 Å². The summed E-state index contributed by atoms with van der Waals surface area (Å²) < 4.78 is 2.08. The minimum Gasteiger partial charge on any atom is -0.350 e. The maximum Gasteiger partial charge on any atom is 0.269 e. The number of nitrogens with zero attached hydrogens (tertiary/aromatic N) is 2. The molecular formula is C15H19N3O2. The molecule has 2 aromatic rings. The monoisotopic (exact) mass is 273 g/mol. The summed E-state index contributed by atoms with van der Waals surface area (Å²) in [5.41, 5.74) is 2.42. The zero-order valence-electron chi connectivity index (χ0n) is 11.7. The third kappa shape index (κ3) is 3.93. The molecule has 0 atom stereocenters. The largest absolute Gasteiger partial charge is 0.350 e. The van der Waals surface area contributed by atoms with Crippen LogP contribution in [0.5, 0.6) is 0 Å². The Balaban J connectivity index is 1.97. The minimum absolute atomic E-state index is 0.128. The van der Waals surface area contributed by atoms with Crippen molar-refractivity contribution in [2.24, 2.45) is 0 Å². The van der Waals surface area contributed by atoms with Gasteiger partial charge in [-0.2, -0.15) is 0 Å². The molecule has 5 nitrogen and oxygen atoms in total. The fourth-order valence-electron chi connectivity index (χ4n) is 1.95. The van der Waals surface area contributed by atoms with Crippen molar-refractivity contribution in [1.82, 2.24) is 9.88 Å². The van der Waals surface area contributed by atoms with Gasteiger partial charge >= 0.3 is 0 Å². The lowest BCUT2D eigenvalue weighted by atomic mass is 10.2. The first-order valence-corrected chi connectivity index (χ1v) is 6.66. The Bertz CT molecular complexity index is 573. The van der Waals surface area contributed by atoms with E-state index in [4.69, 9.17) is 0 Å². The van der Waals surface area contributed by atoms with E-state index in [9.17, 15) is 10.1 Å². The molecule has 0 radical (unpaired) electrons. The molecular weight excluding hydrogens is 254 g/mol. The second kappa shape index (κ2) is 6.34. The van der Waals surface area contributed by atoms with Gasteiger partial charge in [-0.3, -0.25) is 10.1 Å². The van der Waals surface area contributed by atoms with Crippen LogP contribution in [0.2, 0.25) is 0 Å². The number of rotatable bonds is 6. The van der Waals surface area contributed by atoms with E-state index in [-0.39, 0.29) is 10.6 Å². The van der Waals surface area contributed by atoms with Crippen molar-refractivity contribution in [2.75, 3.05) is 0 Å². The molecule has 5 heteroatoms. The molecule has 2 rings (SSSR count). The van der Waals surface area contributed by atoms with Crippen molar-refractivity contribution in [3.8, 4) is 0 Å². The zero-order valence-corrected chi connectivity index (χ0v) is 11.7. The first kappa shape index (κ1) is 14.3. The fraction of sp³-hybridized carbons (Fsp3) is 0.333. The maximum atomic E-state index is 10.6. The molecule has 20 heavy (non-hydrogen) atoms. The van der Waals surface area contributed by atoms with Gasteiger partial charge in [0, 0.05) is 43.7 Å². The van der Waals surface area contributed by atoms with E-state index in [1.54, 1.807) is 24.3 Å². The van der Waals surface area contributed by atoms with Gasteiger partial charge in [0.2, 0.25) is 0 Å². The van der Waals surface area contributed by atoms with Crippen LogP contribution in [0.4, 0.5) is 5.69 Å². The average Bonchev–Trinajstić information content (AvgIpc) is 2.84. The number of hydrogen-bond acceptors (Lipinski definition) is 3. The molecule has 0 saturated carbocycles. The molecule has 0 aliphatic heterocycles. The molecule has 0 fully saturated rings. The minimum atomic E-state index is -0.380. The van der Waals surface area contributed by atoms with Gasteiger partial charge in [0.15, 0.2) is 0 Å². The summed E-state index contributed by atoms with van der Waals surface area (Å²) in [6.45, 7) is 5.81. The number of hydrogen-bond donors (Lipinski definition) is 1. The van der Waals surface area contributed by atoms with Gasteiger partial charge < -0.3 is 9.88 Å². The first-order valence-electron chi connectivity index (χ1n) is 6.66. The van der Waals surface area contributed by atoms with Crippen molar-refractivity contribution in [3.63, 3.8) is 0 Å². The van der Waals surface area contributed by atoms with Gasteiger partial charge in [-0.05, 0) is 17.2 Å². The number of aromatic nitrogens is 1. The quantitative estimate of drug-likeness (QED) is 0.650. The Morgan fingerprint density at radius 3 is 2.50 bits per heavy atom. The number of non-ortho nitro benzene ring substituents is 1. The Labute approximate surface area is 118 Å². The highest BCUT2D eigenvalue weighted by Gasteiger charge is 2.04. The summed E-state index contributed by atoms with van der Waals surface area (Å²) in [5, 5.41) is 14.0. The van der Waals surface area contributed by atoms with E-state index in [2.05, 4.69) is 36.0 Å². The van der Waals surface area contributed by atoms with Gasteiger partial charge in [-0.25, -0.2) is 0 Å². The lowest BCUT2D eigenvalue weighted by Crippen LogP contribution is -2.21. The second-order valence-electron chi connectivity index (χ2n) is 5.15. The highest BCUT2D eigenvalue weighted by molar-refractivity contribution is 5.33. The predicted octanol–water partition coefficient (Wildman–Crippen LogP) is 2.94. The van der Waals surface area contributed by atoms with Crippen LogP contribution >= 0.6 is 0 Å². The van der Waals surface area contributed by atoms with Gasteiger partial charge in [-0.1, -0.05) is 26.0 Å². The number of nitro groups is 1. The summed E-state index contributed by atoms with van der Waals surface area (Å²) in [4.78, 5) is 10.2. The molecule has 0 unspecified atom stereocenters. The van der Waals surface area contributed by atoms with E-state index >= 15 is 0 Å². The lowest BCUT2D eigenvalue weighted by Gasteiger charge is -2.06. The molecule has 0 aliphatic carbocycles. The summed E-state index contributed by atoms with van der Waals surface area (Å²) in [7, 11) is 0. The van der Waals surface area contributed by atoms with Crippen LogP contribution in [0.1, 0.15) is 25.0 Å². The molecule has 1 aromatic heterocycles. The van der Waals surface area contributed by atoms with Crippen molar-refractivity contribution in [3.05, 3.63) is 64.0 Å². The van der Waals surface area contributed by atoms with Crippen LogP contribution in [0.25, 0.3) is 0 Å². The van der Waals surface area contributed by atoms with Gasteiger partial charge in [0.05, 0.1) is 4.92 Å². The van der Waals surface area contributed by atoms with Crippen LogP contribution in [0, 0.1) is 10.1 Å². The number of nitrogens with one attached hydrogen (secondary N) is 1. The summed E-state index contributed by atoms with van der Waals surface area (Å²) >= 11 is 0. The molecule has 0 aliphatic rings. The molecule has 106 valence electrons. The van der Waals surface area contributed by atoms with Gasteiger partial charge in [0.25, 0.3) is 5.69 Å². The molecule has 1 N–H and O–H groups in total. The molecule has 0 saturated heterocycles. The van der Waals surface area contributed by atoms with Crippen LogP contribution in [0.3, 0.4) is 0 Å². The zero-order chi connectivity index (χ0) is 14.5. The summed E-state index contributed by atoms with van der Waals surface area (Å²) in [5.74, 6) is 0. The molecule has 0 spiro atoms. The number of nitro benzene ring substituents is 1. The van der Waals surface area contributed by atoms with E-state index in [0.29, 0.717) is 6.04 Å². The van der Waals surface area contributed by atoms with Crippen LogP contribution in [0.15, 0.2) is 42.7 Å². The highest BCUT2D eigenvalue weighted by Crippen LogP contribution is 2.13. The van der Waals surface area contributed by atoms with E-state index in [0.717, 1.165) is 18.7 Å². The van der Waals surface area contributed by atoms with Gasteiger partial charge in [-0.15, -0.1) is 0 Å². The molecule has 0 amide bonds. The smallest absolute Gasteiger partial charge is 0.269 e. The second-order valence-corrected chi connectivity index (χ2v) is 5.15. The topological polar surface area (TPSA) is 60.1 Å². The molecule has 0 bridgehead atoms. The predicted molar refractivity (Wildman–Crippen MR) is 78.6 cm³/mol. The standard InChI is InChI=1S/C15H19N3O2/c1-12(2)16-9-14-7-8-17(11-14)10-13-3-5-15(6-4-13)18(19)20/h3-8,11-12,16H,9-10H2,1-2H3. The lowest BCUT2D eigenvalue weighted by molar-refractivity contribution is -0.384. The third-order valence-corrected chi connectivity index (χ3v) is 3.04. The fourth-order valence-corrected chi connectivity index (χ4v) is 1.95. The Kier molecular flexibility index (Phi) is 4.53. The Hall–Kier alpha value is -2.14. The molecule has 1 heterocycles. The third-order valence-electron chi connectivity index (χ3n) is 3.04. The van der Waals surface area contributed by atoms with Crippen LogP contribution < -0.4 is 5.32 Å². The Morgan fingerprint density at radius 1 is 1.20 bits per heavy atom. The normalized spacial score (nSPS) is 10.9. The first-order chi connectivity index (χ1) is 9.54. The van der Waals surface area contributed by atoms with Gasteiger partial charge in [0.1, 0.15) is 0 Å². The van der Waals surface area contributed by atoms with Crippen LogP contribution in [-0.4, -0.2) is 15.5 Å². The number of benzene rings is 1. The SMILES string of the molecule is CC(C)NCc1ccn(Cc2ccc([N+](=O)[O-])cc2)c1. The summed E-state index contributed by atoms with van der Waals surface area (Å²) in [6, 6.07) is 9.22. The highest BCUT2D eigenvalue weighted by atomic mass is 16.6. The van der Waals surface area contributed by atoms with E-state index in [1.807, 2.05) is 6.20 Å². The Morgan fingerprint density at radius 2 is 1.90 bits per heavy atom. The average molecular weight is 273 g/mol. The van der Waals surface area contributed by atoms with Crippen molar-refractivity contribution in [2.45, 2.75) is 33.0 Å². The maximum absolute atomic E-state index is 10.6. The molecule has 1 aromatic carbocycles. The van der Waals surface area contributed by atoms with E-state index < -0.39 is 0 Å².